The molecule has 0 radical (unpaired) electrons. The first kappa shape index (κ1) is 9.41. The minimum absolute atomic E-state index is 0.634. The van der Waals surface area contributed by atoms with Crippen LogP contribution in [0.1, 0.15) is 0 Å². The van der Waals surface area contributed by atoms with E-state index in [0.717, 1.165) is 17.3 Å². The minimum atomic E-state index is 0.634. The number of aliphatic imine (C=N–C) groups is 1. The van der Waals surface area contributed by atoms with E-state index < -0.39 is 0 Å². The normalized spacial score (nSPS) is 14.1. The summed E-state index contributed by atoms with van der Waals surface area (Å²) in [6.45, 7) is 0. The van der Waals surface area contributed by atoms with Crippen molar-refractivity contribution >= 4 is 29.4 Å². The SMILES string of the molecule is c1ccc(NC2=Nc3ncnn3SC2)cc1. The Morgan fingerprint density at radius 3 is 3.00 bits per heavy atom. The van der Waals surface area contributed by atoms with Crippen molar-refractivity contribution in [3.8, 4) is 0 Å². The maximum absolute atomic E-state index is 4.37. The van der Waals surface area contributed by atoms with Crippen molar-refractivity contribution in [2.45, 2.75) is 0 Å². The molecule has 1 aromatic carbocycles. The number of amidine groups is 1. The molecular weight excluding hydrogens is 222 g/mol. The van der Waals surface area contributed by atoms with Crippen LogP contribution >= 0.6 is 11.9 Å². The third-order valence-corrected chi connectivity index (χ3v) is 3.03. The van der Waals surface area contributed by atoms with Crippen molar-refractivity contribution in [1.82, 2.24) is 14.2 Å². The molecule has 0 aliphatic carbocycles. The highest BCUT2D eigenvalue weighted by Gasteiger charge is 2.13. The zero-order chi connectivity index (χ0) is 10.8. The Balaban J connectivity index is 1.83. The molecule has 1 aromatic heterocycles. The van der Waals surface area contributed by atoms with Crippen LogP contribution in [0.3, 0.4) is 0 Å². The first-order valence-electron chi connectivity index (χ1n) is 4.85. The van der Waals surface area contributed by atoms with Crippen molar-refractivity contribution < 1.29 is 0 Å². The zero-order valence-corrected chi connectivity index (χ0v) is 9.18. The van der Waals surface area contributed by atoms with Gasteiger partial charge in [-0.15, -0.1) is 5.10 Å². The Kier molecular flexibility index (Phi) is 2.34. The topological polar surface area (TPSA) is 55.1 Å². The van der Waals surface area contributed by atoms with Gasteiger partial charge in [-0.2, -0.15) is 14.1 Å². The molecule has 2 aromatic rings. The van der Waals surface area contributed by atoms with Gasteiger partial charge in [-0.05, 0) is 24.1 Å². The van der Waals surface area contributed by atoms with E-state index >= 15 is 0 Å². The summed E-state index contributed by atoms with van der Waals surface area (Å²) >= 11 is 1.57. The van der Waals surface area contributed by atoms with Crippen molar-refractivity contribution in [2.75, 3.05) is 11.1 Å². The second-order valence-electron chi connectivity index (χ2n) is 3.26. The van der Waals surface area contributed by atoms with Crippen LogP contribution in [0, 0.1) is 0 Å². The Labute approximate surface area is 96.7 Å². The molecule has 0 unspecified atom stereocenters. The van der Waals surface area contributed by atoms with Crippen molar-refractivity contribution in [2.24, 2.45) is 4.99 Å². The summed E-state index contributed by atoms with van der Waals surface area (Å²) in [5.74, 6) is 2.30. The van der Waals surface area contributed by atoms with Gasteiger partial charge in [0, 0.05) is 5.69 Å². The molecule has 1 aliphatic rings. The van der Waals surface area contributed by atoms with Gasteiger partial charge >= 0.3 is 0 Å². The highest BCUT2D eigenvalue weighted by molar-refractivity contribution is 7.98. The third kappa shape index (κ3) is 1.79. The molecule has 0 bridgehead atoms. The van der Waals surface area contributed by atoms with Gasteiger partial charge in [0.05, 0.1) is 5.75 Å². The van der Waals surface area contributed by atoms with Gasteiger partial charge in [0.1, 0.15) is 12.2 Å². The number of anilines is 1. The molecule has 16 heavy (non-hydrogen) atoms. The number of hydrogen-bond donors (Lipinski definition) is 1. The molecule has 0 saturated carbocycles. The van der Waals surface area contributed by atoms with Crippen LogP contribution in [0.25, 0.3) is 0 Å². The number of rotatable bonds is 1. The van der Waals surface area contributed by atoms with Crippen LogP contribution in [0.15, 0.2) is 41.7 Å². The van der Waals surface area contributed by atoms with Crippen molar-refractivity contribution in [3.05, 3.63) is 36.7 Å². The Hall–Kier alpha value is -1.82. The zero-order valence-electron chi connectivity index (χ0n) is 8.37. The monoisotopic (exact) mass is 231 g/mol. The molecule has 0 amide bonds. The fourth-order valence-corrected chi connectivity index (χ4v) is 2.11. The molecule has 3 rings (SSSR count). The molecule has 1 aliphatic heterocycles. The molecule has 80 valence electrons. The lowest BCUT2D eigenvalue weighted by Gasteiger charge is -2.13. The summed E-state index contributed by atoms with van der Waals surface area (Å²) in [5.41, 5.74) is 1.04. The van der Waals surface area contributed by atoms with Gasteiger partial charge in [-0.1, -0.05) is 18.2 Å². The fourth-order valence-electron chi connectivity index (χ4n) is 1.42. The van der Waals surface area contributed by atoms with E-state index in [4.69, 9.17) is 0 Å². The van der Waals surface area contributed by atoms with Gasteiger partial charge in [-0.3, -0.25) is 0 Å². The predicted octanol–water partition coefficient (Wildman–Crippen LogP) is 1.93. The van der Waals surface area contributed by atoms with E-state index in [1.807, 2.05) is 30.3 Å². The van der Waals surface area contributed by atoms with Gasteiger partial charge in [-0.25, -0.2) is 0 Å². The van der Waals surface area contributed by atoms with Gasteiger partial charge < -0.3 is 5.32 Å². The molecule has 1 N–H and O–H groups in total. The van der Waals surface area contributed by atoms with Crippen LogP contribution in [0.2, 0.25) is 0 Å². The van der Waals surface area contributed by atoms with Crippen molar-refractivity contribution in [1.29, 1.82) is 0 Å². The number of benzene rings is 1. The second kappa shape index (κ2) is 3.97. The highest BCUT2D eigenvalue weighted by Crippen LogP contribution is 2.21. The number of nitrogens with one attached hydrogen (secondary N) is 1. The van der Waals surface area contributed by atoms with Crippen LogP contribution in [0.4, 0.5) is 11.6 Å². The quantitative estimate of drug-likeness (QED) is 0.814. The Bertz CT molecular complexity index is 519. The number of aromatic nitrogens is 3. The standard InChI is InChI=1S/C10H9N5S/c1-2-4-8(5-3-1)13-9-6-16-15-10(14-9)11-7-12-15/h1-5,7H,6H2,(H,11,12,13,14). The third-order valence-electron chi connectivity index (χ3n) is 2.12. The highest BCUT2D eigenvalue weighted by atomic mass is 32.2. The van der Waals surface area contributed by atoms with Crippen LogP contribution in [-0.4, -0.2) is 25.8 Å². The number of nitrogens with zero attached hydrogens (tertiary/aromatic N) is 4. The van der Waals surface area contributed by atoms with E-state index in [-0.39, 0.29) is 0 Å². The van der Waals surface area contributed by atoms with E-state index in [2.05, 4.69) is 20.4 Å². The molecule has 2 heterocycles. The summed E-state index contributed by atoms with van der Waals surface area (Å²) in [5, 5.41) is 7.29. The first-order valence-corrected chi connectivity index (χ1v) is 5.79. The number of para-hydroxylation sites is 1. The number of fused-ring (bicyclic) bond motifs is 1. The average Bonchev–Trinajstić information content (AvgIpc) is 2.77. The van der Waals surface area contributed by atoms with E-state index in [1.54, 1.807) is 16.0 Å². The molecule has 6 heteroatoms. The van der Waals surface area contributed by atoms with Gasteiger partial charge in [0.2, 0.25) is 0 Å². The Morgan fingerprint density at radius 2 is 2.12 bits per heavy atom. The predicted molar refractivity (Wildman–Crippen MR) is 65.0 cm³/mol. The lowest BCUT2D eigenvalue weighted by Crippen LogP contribution is -2.18. The van der Waals surface area contributed by atoms with Crippen molar-refractivity contribution in [3.63, 3.8) is 0 Å². The summed E-state index contributed by atoms with van der Waals surface area (Å²) in [6, 6.07) is 9.97. The summed E-state index contributed by atoms with van der Waals surface area (Å²) < 4.78 is 1.72. The van der Waals surface area contributed by atoms with E-state index in [9.17, 15) is 0 Å². The maximum Gasteiger partial charge on any atom is 0.260 e. The van der Waals surface area contributed by atoms with E-state index in [0.29, 0.717) is 5.95 Å². The Morgan fingerprint density at radius 1 is 1.25 bits per heavy atom. The maximum atomic E-state index is 4.37. The smallest absolute Gasteiger partial charge is 0.260 e. The molecule has 0 spiro atoms. The summed E-state index contributed by atoms with van der Waals surface area (Å²) in [6.07, 6.45) is 1.51. The second-order valence-corrected chi connectivity index (χ2v) is 4.15. The fraction of sp³-hybridized carbons (Fsp3) is 0.100. The first-order chi connectivity index (χ1) is 7.92. The van der Waals surface area contributed by atoms with E-state index in [1.165, 1.54) is 6.33 Å². The molecule has 5 nitrogen and oxygen atoms in total. The average molecular weight is 231 g/mol. The van der Waals surface area contributed by atoms with Gasteiger partial charge in [0.15, 0.2) is 0 Å². The van der Waals surface area contributed by atoms with Crippen LogP contribution in [-0.2, 0) is 0 Å². The lowest BCUT2D eigenvalue weighted by atomic mass is 10.3. The molecular formula is C10H9N5S. The van der Waals surface area contributed by atoms with Crippen LogP contribution < -0.4 is 5.32 Å². The summed E-state index contributed by atoms with van der Waals surface area (Å²) in [4.78, 5) is 8.43. The molecule has 0 atom stereocenters. The number of hydrogen-bond acceptors (Lipinski definition) is 5. The molecule has 0 saturated heterocycles. The van der Waals surface area contributed by atoms with Gasteiger partial charge in [0.25, 0.3) is 5.95 Å². The largest absolute Gasteiger partial charge is 0.343 e. The summed E-state index contributed by atoms with van der Waals surface area (Å²) in [7, 11) is 0. The molecule has 0 fully saturated rings. The minimum Gasteiger partial charge on any atom is -0.343 e. The van der Waals surface area contributed by atoms with Crippen LogP contribution in [0.5, 0.6) is 0 Å². The lowest BCUT2D eigenvalue weighted by molar-refractivity contribution is 0.998.